The standard InChI is InChI=1S/C14H18F3N/c1-2-8-18-10-13(6-7-13)11-4-3-5-12(9-11)14(15,16)17/h3-5,9,18H,2,6-8,10H2,1H3. The molecule has 1 aliphatic rings. The molecular weight excluding hydrogens is 239 g/mol. The van der Waals surface area contributed by atoms with Gasteiger partial charge < -0.3 is 5.32 Å². The van der Waals surface area contributed by atoms with Crippen LogP contribution < -0.4 is 5.32 Å². The van der Waals surface area contributed by atoms with E-state index < -0.39 is 11.7 Å². The highest BCUT2D eigenvalue weighted by Crippen LogP contribution is 2.48. The van der Waals surface area contributed by atoms with Crippen LogP contribution >= 0.6 is 0 Å². The van der Waals surface area contributed by atoms with E-state index in [1.807, 2.05) is 6.07 Å². The topological polar surface area (TPSA) is 12.0 Å². The number of nitrogens with one attached hydrogen (secondary N) is 1. The quantitative estimate of drug-likeness (QED) is 0.792. The summed E-state index contributed by atoms with van der Waals surface area (Å²) in [5, 5.41) is 3.31. The summed E-state index contributed by atoms with van der Waals surface area (Å²) < 4.78 is 38.0. The fraction of sp³-hybridized carbons (Fsp3) is 0.571. The van der Waals surface area contributed by atoms with Gasteiger partial charge in [-0.3, -0.25) is 0 Å². The molecule has 0 aromatic heterocycles. The van der Waals surface area contributed by atoms with Crippen molar-refractivity contribution >= 4 is 0 Å². The minimum Gasteiger partial charge on any atom is -0.316 e. The zero-order valence-electron chi connectivity index (χ0n) is 10.5. The zero-order valence-corrected chi connectivity index (χ0v) is 10.5. The van der Waals surface area contributed by atoms with Crippen LogP contribution in [0.15, 0.2) is 24.3 Å². The first kappa shape index (κ1) is 13.4. The Morgan fingerprint density at radius 2 is 2.00 bits per heavy atom. The number of hydrogen-bond acceptors (Lipinski definition) is 1. The lowest BCUT2D eigenvalue weighted by molar-refractivity contribution is -0.137. The molecule has 4 heteroatoms. The molecule has 100 valence electrons. The highest BCUT2D eigenvalue weighted by molar-refractivity contribution is 5.36. The average Bonchev–Trinajstić information content (AvgIpc) is 3.10. The monoisotopic (exact) mass is 257 g/mol. The van der Waals surface area contributed by atoms with E-state index in [0.717, 1.165) is 44.0 Å². The fourth-order valence-corrected chi connectivity index (χ4v) is 2.25. The molecule has 0 heterocycles. The predicted molar refractivity (Wildman–Crippen MR) is 65.5 cm³/mol. The Labute approximate surface area is 105 Å². The van der Waals surface area contributed by atoms with Crippen LogP contribution in [0.1, 0.15) is 37.3 Å². The van der Waals surface area contributed by atoms with Gasteiger partial charge in [-0.15, -0.1) is 0 Å². The molecule has 1 N–H and O–H groups in total. The van der Waals surface area contributed by atoms with Crippen molar-refractivity contribution in [2.45, 2.75) is 37.8 Å². The van der Waals surface area contributed by atoms with Crippen LogP contribution in [0.2, 0.25) is 0 Å². The molecule has 0 radical (unpaired) electrons. The fourth-order valence-electron chi connectivity index (χ4n) is 2.25. The van der Waals surface area contributed by atoms with Gasteiger partial charge in [0.1, 0.15) is 0 Å². The Morgan fingerprint density at radius 1 is 1.28 bits per heavy atom. The van der Waals surface area contributed by atoms with Gasteiger partial charge in [-0.05, 0) is 37.4 Å². The Bertz CT molecular complexity index is 408. The number of hydrogen-bond donors (Lipinski definition) is 1. The third kappa shape index (κ3) is 2.86. The third-order valence-electron chi connectivity index (χ3n) is 3.55. The van der Waals surface area contributed by atoms with Crippen LogP contribution in [0, 0.1) is 0 Å². The average molecular weight is 257 g/mol. The van der Waals surface area contributed by atoms with Crippen LogP contribution in [-0.2, 0) is 11.6 Å². The molecule has 0 unspecified atom stereocenters. The predicted octanol–water partition coefficient (Wildman–Crippen LogP) is 3.74. The van der Waals surface area contributed by atoms with E-state index in [4.69, 9.17) is 0 Å². The van der Waals surface area contributed by atoms with Crippen molar-refractivity contribution in [3.63, 3.8) is 0 Å². The molecule has 0 atom stereocenters. The normalized spacial score (nSPS) is 17.8. The van der Waals surface area contributed by atoms with E-state index in [1.165, 1.54) is 12.1 Å². The van der Waals surface area contributed by atoms with Gasteiger partial charge in [0, 0.05) is 12.0 Å². The highest BCUT2D eigenvalue weighted by Gasteiger charge is 2.44. The van der Waals surface area contributed by atoms with Crippen molar-refractivity contribution in [3.8, 4) is 0 Å². The molecular formula is C14H18F3N. The van der Waals surface area contributed by atoms with Gasteiger partial charge in [0.15, 0.2) is 0 Å². The molecule has 0 spiro atoms. The lowest BCUT2D eigenvalue weighted by Crippen LogP contribution is -2.27. The van der Waals surface area contributed by atoms with E-state index in [2.05, 4.69) is 12.2 Å². The Morgan fingerprint density at radius 3 is 2.56 bits per heavy atom. The molecule has 1 nitrogen and oxygen atoms in total. The molecule has 0 bridgehead atoms. The molecule has 1 fully saturated rings. The Hall–Kier alpha value is -1.03. The number of alkyl halides is 3. The maximum Gasteiger partial charge on any atom is 0.416 e. The van der Waals surface area contributed by atoms with Crippen molar-refractivity contribution < 1.29 is 13.2 Å². The Balaban J connectivity index is 2.13. The minimum absolute atomic E-state index is 0.0591. The summed E-state index contributed by atoms with van der Waals surface area (Å²) >= 11 is 0. The first-order valence-corrected chi connectivity index (χ1v) is 6.36. The van der Waals surface area contributed by atoms with Crippen molar-refractivity contribution in [2.24, 2.45) is 0 Å². The summed E-state index contributed by atoms with van der Waals surface area (Å²) in [4.78, 5) is 0. The van der Waals surface area contributed by atoms with Crippen molar-refractivity contribution in [2.75, 3.05) is 13.1 Å². The summed E-state index contributed by atoms with van der Waals surface area (Å²) in [6.07, 6.45) is -1.25. The number of halogens is 3. The molecule has 0 aliphatic heterocycles. The van der Waals surface area contributed by atoms with E-state index in [9.17, 15) is 13.2 Å². The molecule has 1 aromatic rings. The van der Waals surface area contributed by atoms with Crippen LogP contribution in [0.5, 0.6) is 0 Å². The SMILES string of the molecule is CCCNCC1(c2cccc(C(F)(F)F)c2)CC1. The first-order chi connectivity index (χ1) is 8.48. The molecule has 1 aromatic carbocycles. The number of benzene rings is 1. The van der Waals surface area contributed by atoms with Gasteiger partial charge in [-0.2, -0.15) is 13.2 Å². The molecule has 0 saturated heterocycles. The van der Waals surface area contributed by atoms with E-state index >= 15 is 0 Å². The highest BCUT2D eigenvalue weighted by atomic mass is 19.4. The van der Waals surface area contributed by atoms with Crippen molar-refractivity contribution in [3.05, 3.63) is 35.4 Å². The van der Waals surface area contributed by atoms with E-state index in [1.54, 1.807) is 0 Å². The van der Waals surface area contributed by atoms with Gasteiger partial charge in [-0.25, -0.2) is 0 Å². The summed E-state index contributed by atoms with van der Waals surface area (Å²) in [6, 6.07) is 5.77. The molecule has 1 aliphatic carbocycles. The summed E-state index contributed by atoms with van der Waals surface area (Å²) in [7, 11) is 0. The van der Waals surface area contributed by atoms with Gasteiger partial charge in [0.2, 0.25) is 0 Å². The van der Waals surface area contributed by atoms with Crippen LogP contribution in [0.3, 0.4) is 0 Å². The first-order valence-electron chi connectivity index (χ1n) is 6.36. The van der Waals surface area contributed by atoms with Gasteiger partial charge in [0.05, 0.1) is 5.56 Å². The number of rotatable bonds is 5. The van der Waals surface area contributed by atoms with Crippen LogP contribution in [-0.4, -0.2) is 13.1 Å². The smallest absolute Gasteiger partial charge is 0.316 e. The second-order valence-electron chi connectivity index (χ2n) is 5.04. The molecule has 2 rings (SSSR count). The van der Waals surface area contributed by atoms with Gasteiger partial charge >= 0.3 is 6.18 Å². The van der Waals surface area contributed by atoms with Crippen molar-refractivity contribution in [1.82, 2.24) is 5.32 Å². The molecule has 18 heavy (non-hydrogen) atoms. The van der Waals surface area contributed by atoms with Crippen LogP contribution in [0.4, 0.5) is 13.2 Å². The summed E-state index contributed by atoms with van der Waals surface area (Å²) in [5.74, 6) is 0. The lowest BCUT2D eigenvalue weighted by Gasteiger charge is -2.18. The second-order valence-corrected chi connectivity index (χ2v) is 5.04. The second kappa shape index (κ2) is 4.92. The minimum atomic E-state index is -4.25. The van der Waals surface area contributed by atoms with E-state index in [0.29, 0.717) is 0 Å². The van der Waals surface area contributed by atoms with Crippen LogP contribution in [0.25, 0.3) is 0 Å². The largest absolute Gasteiger partial charge is 0.416 e. The Kier molecular flexibility index (Phi) is 3.66. The molecule has 1 saturated carbocycles. The third-order valence-corrected chi connectivity index (χ3v) is 3.55. The maximum absolute atomic E-state index is 12.7. The summed E-state index contributed by atoms with van der Waals surface area (Å²) in [5.41, 5.74) is 0.221. The van der Waals surface area contributed by atoms with Gasteiger partial charge in [-0.1, -0.05) is 25.1 Å². The summed E-state index contributed by atoms with van der Waals surface area (Å²) in [6.45, 7) is 3.78. The van der Waals surface area contributed by atoms with E-state index in [-0.39, 0.29) is 5.41 Å². The zero-order chi connectivity index (χ0) is 13.2. The molecule has 0 amide bonds. The maximum atomic E-state index is 12.7. The van der Waals surface area contributed by atoms with Crippen molar-refractivity contribution in [1.29, 1.82) is 0 Å². The van der Waals surface area contributed by atoms with Gasteiger partial charge in [0.25, 0.3) is 0 Å². The lowest BCUT2D eigenvalue weighted by atomic mass is 9.94.